The van der Waals surface area contributed by atoms with E-state index in [4.69, 9.17) is 15.6 Å². The summed E-state index contributed by atoms with van der Waals surface area (Å²) in [5.41, 5.74) is 0. The van der Waals surface area contributed by atoms with Gasteiger partial charge in [0.05, 0.1) is 0 Å². The Labute approximate surface area is 138 Å². The Hall–Kier alpha value is 2.29. The van der Waals surface area contributed by atoms with Crippen molar-refractivity contribution < 1.29 is 106 Å². The second-order valence-electron chi connectivity index (χ2n) is 0.183. The topological polar surface area (TPSA) is 70.6 Å². The molecule has 10 heavy (non-hydrogen) atoms. The minimum absolute atomic E-state index is 0. The third-order valence-electron chi connectivity index (χ3n) is 0. The molecule has 40 valence electrons. The van der Waals surface area contributed by atoms with E-state index in [9.17, 15) is 0 Å². The maximum atomic E-state index is 8.24. The Kier molecular flexibility index (Phi) is 257. The minimum Gasteiger partial charge on any atom is -1.00 e. The largest absolute Gasteiger partial charge is 1.00 e. The zero-order valence-corrected chi connectivity index (χ0v) is 13.7. The van der Waals surface area contributed by atoms with E-state index in [0.717, 1.165) is 0 Å². The molecule has 0 atom stereocenters. The summed E-state index contributed by atoms with van der Waals surface area (Å²) in [5.74, 6) is 0. The molecule has 0 aliphatic heterocycles. The average Bonchev–Trinajstić information content (AvgIpc) is 1.39. The summed E-state index contributed by atoms with van der Waals surface area (Å²) in [6.07, 6.45) is 0.500. The molecule has 0 aromatic rings. The summed E-state index contributed by atoms with van der Waals surface area (Å²) < 4.78 is 0. The van der Waals surface area contributed by atoms with Gasteiger partial charge in [0.1, 0.15) is 0 Å². The van der Waals surface area contributed by atoms with Crippen LogP contribution in [-0.4, -0.2) is 0 Å². The van der Waals surface area contributed by atoms with Gasteiger partial charge in [-0.05, 0) is 0 Å². The van der Waals surface area contributed by atoms with Crippen molar-refractivity contribution >= 4 is 12.6 Å². The Bertz CT molecular complexity index is 79.5. The van der Waals surface area contributed by atoms with Crippen molar-refractivity contribution in [2.45, 2.75) is 0 Å². The number of thiocyanates is 1. The van der Waals surface area contributed by atoms with Gasteiger partial charge >= 0.3 is 88.7 Å². The van der Waals surface area contributed by atoms with E-state index in [1.807, 2.05) is 0 Å². The van der Waals surface area contributed by atoms with E-state index in [2.05, 4.69) is 12.6 Å². The molecule has 0 rings (SSSR count). The molecule has 3 nitrogen and oxygen atoms in total. The van der Waals surface area contributed by atoms with Crippen LogP contribution in [0, 0.1) is 22.2 Å². The van der Waals surface area contributed by atoms with Crippen LogP contribution < -0.4 is 106 Å². The smallest absolute Gasteiger partial charge is 1.00 e. The molecule has 0 heterocycles. The van der Waals surface area contributed by atoms with Crippen LogP contribution in [0.4, 0.5) is 0 Å². The molecule has 0 aliphatic rings. The van der Waals surface area contributed by atoms with Gasteiger partial charge in [-0.15, -0.1) is 0 Å². The maximum absolute atomic E-state index is 8.24. The summed E-state index contributed by atoms with van der Waals surface area (Å²) >= 11 is 3.70. The van der Waals surface area contributed by atoms with Gasteiger partial charge in [0.2, 0.25) is 0 Å². The Balaban J connectivity index is -0.00000000571. The minimum atomic E-state index is 0. The Morgan fingerprint density at radius 2 is 1.10 bits per heavy atom. The first-order valence-corrected chi connectivity index (χ1v) is 1.26. The Morgan fingerprint density at radius 1 is 1.10 bits per heavy atom. The molecule has 8 heteroatoms. The van der Waals surface area contributed by atoms with Crippen LogP contribution in [0.1, 0.15) is 0 Å². The fraction of sp³-hybridized carbons (Fsp3) is 0. The van der Waals surface area contributed by atoms with E-state index in [-0.39, 0.29) is 101 Å². The van der Waals surface area contributed by atoms with Crippen molar-refractivity contribution in [1.29, 1.82) is 10.5 Å². The van der Waals surface area contributed by atoms with Gasteiger partial charge in [-0.25, -0.2) is 10.5 Å². The summed E-state index contributed by atoms with van der Waals surface area (Å²) in [6, 6.07) is 0. The van der Waals surface area contributed by atoms with Crippen LogP contribution in [-0.2, 0) is 12.6 Å². The van der Waals surface area contributed by atoms with E-state index in [0.29, 0.717) is 6.26 Å². The number of hydrogen-bond acceptors (Lipinski definition) is 4. The standard InChI is InChI=1S/CHNO.CHNS.ClH.3Na/c2*2-1-3;;;;/h2*3H;1H;;;/q;;;3*+1/p-3. The molecule has 0 spiro atoms. The van der Waals surface area contributed by atoms with Crippen LogP contribution in [0.2, 0.25) is 0 Å². The van der Waals surface area contributed by atoms with Gasteiger partial charge in [-0.3, -0.25) is 0 Å². The SMILES string of the molecule is N#C[O-].N#C[S-].[Cl-].[Na+].[Na+].[Na+]. The van der Waals surface area contributed by atoms with E-state index in [1.54, 1.807) is 0 Å². The molecule has 0 amide bonds. The van der Waals surface area contributed by atoms with Gasteiger partial charge < -0.3 is 30.1 Å². The van der Waals surface area contributed by atoms with Crippen LogP contribution >= 0.6 is 0 Å². The first kappa shape index (κ1) is 39.6. The number of hydrogen-bond donors (Lipinski definition) is 0. The molecule has 0 fully saturated rings. The monoisotopic (exact) mass is 204 g/mol. The number of nitrogens with zero attached hydrogens (tertiary/aromatic N) is 2. The number of rotatable bonds is 0. The van der Waals surface area contributed by atoms with Crippen molar-refractivity contribution in [1.82, 2.24) is 0 Å². The van der Waals surface area contributed by atoms with Crippen molar-refractivity contribution in [3.05, 3.63) is 0 Å². The van der Waals surface area contributed by atoms with Crippen molar-refractivity contribution in [2.24, 2.45) is 0 Å². The maximum Gasteiger partial charge on any atom is 1.00 e. The molecule has 0 N–H and O–H groups in total. The predicted octanol–water partition coefficient (Wildman–Crippen LogP) is -13.1. The summed E-state index contributed by atoms with van der Waals surface area (Å²) in [7, 11) is 0. The van der Waals surface area contributed by atoms with Crippen LogP contribution in [0.25, 0.3) is 0 Å². The molecule has 0 saturated carbocycles. The first-order valence-electron chi connectivity index (χ1n) is 0.855. The predicted molar refractivity (Wildman–Crippen MR) is 18.6 cm³/mol. The number of nitriles is 2. The van der Waals surface area contributed by atoms with Gasteiger partial charge in [0.25, 0.3) is 0 Å². The van der Waals surface area contributed by atoms with Crippen LogP contribution in [0.15, 0.2) is 0 Å². The van der Waals surface area contributed by atoms with E-state index >= 15 is 0 Å². The summed E-state index contributed by atoms with van der Waals surface area (Å²) in [5, 5.41) is 23.5. The normalized spacial score (nSPS) is 1.40. The van der Waals surface area contributed by atoms with E-state index < -0.39 is 0 Å². The van der Waals surface area contributed by atoms with E-state index in [1.165, 1.54) is 5.40 Å². The molecular formula is C2ClN2Na3OS. The van der Waals surface area contributed by atoms with Crippen LogP contribution in [0.3, 0.4) is 0 Å². The second kappa shape index (κ2) is 65.0. The summed E-state index contributed by atoms with van der Waals surface area (Å²) in [6.45, 7) is 0. The third kappa shape index (κ3) is 169. The molecule has 0 aromatic heterocycles. The zero-order valence-electron chi connectivity index (χ0n) is 6.09. The molecular weight excluding hydrogens is 205 g/mol. The van der Waals surface area contributed by atoms with Crippen molar-refractivity contribution in [2.75, 3.05) is 0 Å². The quantitative estimate of drug-likeness (QED) is 0.223. The second-order valence-corrected chi connectivity index (χ2v) is 0.365. The zero-order chi connectivity index (χ0) is 5.41. The number of halogens is 1. The third-order valence-corrected chi connectivity index (χ3v) is 0. The van der Waals surface area contributed by atoms with Crippen LogP contribution in [0.5, 0.6) is 0 Å². The van der Waals surface area contributed by atoms with Gasteiger partial charge in [-0.1, -0.05) is 5.40 Å². The van der Waals surface area contributed by atoms with Gasteiger partial charge in [0.15, 0.2) is 0 Å². The molecule has 0 bridgehead atoms. The summed E-state index contributed by atoms with van der Waals surface area (Å²) in [4.78, 5) is 0. The molecule has 0 radical (unpaired) electrons. The molecule has 0 saturated heterocycles. The fourth-order valence-electron chi connectivity index (χ4n) is 0. The first-order chi connectivity index (χ1) is 2.83. The van der Waals surface area contributed by atoms with Gasteiger partial charge in [0, 0.05) is 6.26 Å². The molecule has 0 aromatic carbocycles. The molecule has 0 aliphatic carbocycles. The van der Waals surface area contributed by atoms with Crippen molar-refractivity contribution in [3.63, 3.8) is 0 Å². The average molecular weight is 205 g/mol. The Morgan fingerprint density at radius 3 is 1.10 bits per heavy atom. The molecule has 0 unspecified atom stereocenters. The van der Waals surface area contributed by atoms with Crippen molar-refractivity contribution in [3.8, 4) is 11.7 Å². The fourth-order valence-corrected chi connectivity index (χ4v) is 0. The van der Waals surface area contributed by atoms with Gasteiger partial charge in [-0.2, -0.15) is 0 Å².